The number of hydrogen-bond acceptors (Lipinski definition) is 6. The van der Waals surface area contributed by atoms with Crippen LogP contribution in [0.2, 0.25) is 0 Å². The summed E-state index contributed by atoms with van der Waals surface area (Å²) in [7, 11) is 1.85. The Morgan fingerprint density at radius 3 is 1.38 bits per heavy atom. The maximum Gasteiger partial charge on any atom is 0.320 e. The predicted molar refractivity (Wildman–Crippen MR) is 177 cm³/mol. The summed E-state index contributed by atoms with van der Waals surface area (Å²) >= 11 is 10.4. The lowest BCUT2D eigenvalue weighted by molar-refractivity contribution is -0.696. The zero-order chi connectivity index (χ0) is 30.1. The number of rotatable bonds is 27. The maximum atomic E-state index is 13.0. The van der Waals surface area contributed by atoms with E-state index in [-0.39, 0.29) is 16.4 Å². The molecule has 0 rings (SSSR count). The molecule has 0 amide bonds. The first-order valence-corrected chi connectivity index (χ1v) is 17.4. The first-order chi connectivity index (χ1) is 19.2. The van der Waals surface area contributed by atoms with Gasteiger partial charge in [0.2, 0.25) is 4.99 Å². The Labute approximate surface area is 259 Å². The van der Waals surface area contributed by atoms with Crippen molar-refractivity contribution in [2.24, 2.45) is 5.92 Å². The van der Waals surface area contributed by atoms with Gasteiger partial charge in [0.25, 0.3) is 0 Å². The van der Waals surface area contributed by atoms with Gasteiger partial charge in [0.1, 0.15) is 0 Å². The van der Waals surface area contributed by atoms with Crippen LogP contribution in [0.3, 0.4) is 0 Å². The molecule has 5 nitrogen and oxygen atoms in total. The van der Waals surface area contributed by atoms with Crippen molar-refractivity contribution in [2.75, 3.05) is 20.3 Å². The van der Waals surface area contributed by atoms with E-state index in [0.717, 1.165) is 32.1 Å². The van der Waals surface area contributed by atoms with Crippen LogP contribution in [0.25, 0.3) is 0 Å². The van der Waals surface area contributed by atoms with Gasteiger partial charge < -0.3 is 9.47 Å². The average Bonchev–Trinajstić information content (AvgIpc) is 2.92. The number of quaternary nitrogens is 1. The Kier molecular flexibility index (Phi) is 25.6. The number of carbonyl (C=O) groups excluding carboxylic acids is 2. The highest BCUT2D eigenvalue weighted by molar-refractivity contribution is 7.82. The van der Waals surface area contributed by atoms with E-state index < -0.39 is 17.9 Å². The van der Waals surface area contributed by atoms with Gasteiger partial charge in [-0.15, -0.1) is 0 Å². The fourth-order valence-electron chi connectivity index (χ4n) is 4.71. The predicted octanol–water partition coefficient (Wildman–Crippen LogP) is 9.95. The molecule has 0 bridgehead atoms. The second-order valence-electron chi connectivity index (χ2n) is 12.0. The van der Waals surface area contributed by atoms with Crippen LogP contribution < -0.4 is 0 Å². The number of unbranched alkanes of at least 4 members (excludes halogenated alkanes) is 18. The third-order valence-electron chi connectivity index (χ3n) is 7.91. The Balaban J connectivity index is 4.40. The first kappa shape index (κ1) is 39.3. The number of carbonyl (C=O) groups is 2. The molecule has 0 aromatic rings. The number of hydrogen-bond donors (Lipinski definition) is 1. The van der Waals surface area contributed by atoms with E-state index in [1.165, 1.54) is 96.3 Å². The van der Waals surface area contributed by atoms with E-state index in [2.05, 4.69) is 13.8 Å². The molecule has 40 heavy (non-hydrogen) atoms. The summed E-state index contributed by atoms with van der Waals surface area (Å²) in [6.07, 6.45) is 24.4. The molecule has 0 saturated heterocycles. The molecule has 0 fully saturated rings. The largest absolute Gasteiger partial charge is 0.466 e. The Hall–Kier alpha value is -0.660. The molecule has 0 radical (unpaired) electrons. The monoisotopic (exact) mass is 602 g/mol. The molecular formula is C33H64NO4S2+. The van der Waals surface area contributed by atoms with Crippen LogP contribution in [-0.4, -0.2) is 47.1 Å². The minimum absolute atomic E-state index is 0.0516. The zero-order valence-corrected chi connectivity index (χ0v) is 28.6. The molecule has 0 aromatic carbocycles. The fraction of sp³-hybridized carbons (Fsp3) is 0.909. The molecule has 0 aliphatic carbocycles. The van der Waals surface area contributed by atoms with Gasteiger partial charge in [-0.3, -0.25) is 9.59 Å². The number of thiol groups is 1. The van der Waals surface area contributed by atoms with Crippen molar-refractivity contribution in [1.29, 1.82) is 0 Å². The first-order valence-electron chi connectivity index (χ1n) is 16.6. The van der Waals surface area contributed by atoms with Gasteiger partial charge in [-0.1, -0.05) is 129 Å². The molecular weight excluding hydrogens is 539 g/mol. The highest BCUT2D eigenvalue weighted by Gasteiger charge is 2.41. The summed E-state index contributed by atoms with van der Waals surface area (Å²) in [5.41, 5.74) is 0. The minimum Gasteiger partial charge on any atom is -0.466 e. The maximum absolute atomic E-state index is 13.0. The zero-order valence-electron chi connectivity index (χ0n) is 26.9. The van der Waals surface area contributed by atoms with Crippen LogP contribution in [0.4, 0.5) is 0 Å². The van der Waals surface area contributed by atoms with E-state index in [4.69, 9.17) is 34.5 Å². The van der Waals surface area contributed by atoms with Gasteiger partial charge in [-0.25, -0.2) is 3.89 Å². The van der Waals surface area contributed by atoms with Crippen LogP contribution in [0.5, 0.6) is 0 Å². The van der Waals surface area contributed by atoms with E-state index in [9.17, 15) is 9.59 Å². The van der Waals surface area contributed by atoms with Crippen LogP contribution in [0.1, 0.15) is 163 Å². The van der Waals surface area contributed by atoms with Crippen molar-refractivity contribution in [2.45, 2.75) is 169 Å². The molecule has 0 spiro atoms. The average molecular weight is 603 g/mol. The van der Waals surface area contributed by atoms with E-state index in [1.54, 1.807) is 0 Å². The van der Waals surface area contributed by atoms with Crippen molar-refractivity contribution in [3.8, 4) is 0 Å². The third kappa shape index (κ3) is 20.3. The second-order valence-corrected chi connectivity index (χ2v) is 13.2. The SMILES string of the molecule is CCCCCCCCCCCCOC(=O)CC(C(=O)OCCCCCCCCCCCC)C(=S)[N+](C)(S)C(C)C. The van der Waals surface area contributed by atoms with Gasteiger partial charge in [0.05, 0.1) is 45.5 Å². The molecule has 0 aromatic heterocycles. The van der Waals surface area contributed by atoms with Crippen molar-refractivity contribution >= 4 is 42.0 Å². The van der Waals surface area contributed by atoms with E-state index >= 15 is 0 Å². The smallest absolute Gasteiger partial charge is 0.320 e. The lowest BCUT2D eigenvalue weighted by Gasteiger charge is -2.33. The van der Waals surface area contributed by atoms with Gasteiger partial charge >= 0.3 is 11.9 Å². The van der Waals surface area contributed by atoms with Crippen LogP contribution >= 0.6 is 25.0 Å². The molecule has 0 aliphatic heterocycles. The number of nitrogens with zero attached hydrogens (tertiary/aromatic N) is 1. The van der Waals surface area contributed by atoms with Gasteiger partial charge in [-0.05, 0) is 38.9 Å². The summed E-state index contributed by atoms with van der Waals surface area (Å²) < 4.78 is 11.2. The number of thiocarbonyl (C=S) groups is 1. The highest BCUT2D eigenvalue weighted by Crippen LogP contribution is 2.25. The van der Waals surface area contributed by atoms with Crippen molar-refractivity contribution < 1.29 is 23.0 Å². The Morgan fingerprint density at radius 1 is 0.650 bits per heavy atom. The van der Waals surface area contributed by atoms with E-state index in [1.807, 2.05) is 20.9 Å². The van der Waals surface area contributed by atoms with E-state index in [0.29, 0.717) is 18.2 Å². The topological polar surface area (TPSA) is 52.6 Å². The molecule has 2 atom stereocenters. The van der Waals surface area contributed by atoms with Crippen molar-refractivity contribution in [1.82, 2.24) is 0 Å². The van der Waals surface area contributed by atoms with Crippen LogP contribution in [0.15, 0.2) is 0 Å². The molecule has 236 valence electrons. The summed E-state index contributed by atoms with van der Waals surface area (Å²) in [4.78, 5) is 26.1. The quantitative estimate of drug-likeness (QED) is 0.0333. The minimum atomic E-state index is -0.830. The summed E-state index contributed by atoms with van der Waals surface area (Å²) in [6.45, 7) is 9.23. The lowest BCUT2D eigenvalue weighted by atomic mass is 10.0. The Morgan fingerprint density at radius 2 is 1.00 bits per heavy atom. The normalized spacial score (nSPS) is 13.7. The molecule has 0 saturated carbocycles. The third-order valence-corrected chi connectivity index (χ3v) is 9.38. The van der Waals surface area contributed by atoms with Crippen LogP contribution in [0, 0.1) is 5.92 Å². The summed E-state index contributed by atoms with van der Waals surface area (Å²) in [5, 5.41) is 0. The van der Waals surface area contributed by atoms with Crippen LogP contribution in [-0.2, 0) is 19.1 Å². The van der Waals surface area contributed by atoms with Gasteiger partial charge in [0, 0.05) is 0 Å². The van der Waals surface area contributed by atoms with Crippen molar-refractivity contribution in [3.05, 3.63) is 0 Å². The molecule has 0 heterocycles. The molecule has 0 aliphatic rings. The molecule has 0 N–H and O–H groups in total. The summed E-state index contributed by atoms with van der Waals surface area (Å²) in [5.74, 6) is -1.66. The second kappa shape index (κ2) is 26.0. The molecule has 7 heteroatoms. The standard InChI is InChI=1S/C33H64NO4S2/c1-6-8-10-12-14-16-18-20-22-24-26-37-31(35)28-30(32(39)34(5,40)29(3)4)33(36)38-27-25-23-21-19-17-15-13-11-9-7-2/h29-30,40H,6-28H2,1-5H3/q+1. The molecule has 2 unspecified atom stereocenters. The Bertz CT molecular complexity index is 654. The highest BCUT2D eigenvalue weighted by atomic mass is 32.1. The van der Waals surface area contributed by atoms with Crippen molar-refractivity contribution in [3.63, 3.8) is 0 Å². The fourth-order valence-corrected chi connectivity index (χ4v) is 5.24. The number of esters is 2. The van der Waals surface area contributed by atoms with Gasteiger partial charge in [0.15, 0.2) is 5.92 Å². The van der Waals surface area contributed by atoms with Gasteiger partial charge in [-0.2, -0.15) is 0 Å². The summed E-state index contributed by atoms with van der Waals surface area (Å²) in [6, 6.07) is 0.0516. The number of ether oxygens (including phenoxy) is 2. The lowest BCUT2D eigenvalue weighted by Crippen LogP contribution is -2.50.